The van der Waals surface area contributed by atoms with E-state index in [0.717, 1.165) is 15.6 Å². The summed E-state index contributed by atoms with van der Waals surface area (Å²) in [5.41, 5.74) is 0.832. The van der Waals surface area contributed by atoms with Crippen molar-refractivity contribution < 1.29 is 13.4 Å². The quantitative estimate of drug-likeness (QED) is 0.808. The zero-order valence-electron chi connectivity index (χ0n) is 11.9. The molecule has 1 amide bonds. The Morgan fingerprint density at radius 3 is 2.95 bits per heavy atom. The van der Waals surface area contributed by atoms with Gasteiger partial charge in [-0.15, -0.1) is 11.3 Å². The van der Waals surface area contributed by atoms with Crippen molar-refractivity contribution in [3.05, 3.63) is 34.5 Å². The molecular weight excluding hydrogens is 309 g/mol. The van der Waals surface area contributed by atoms with Crippen LogP contribution in [0.1, 0.15) is 22.2 Å². The second kappa shape index (κ2) is 5.50. The van der Waals surface area contributed by atoms with Crippen LogP contribution in [0.3, 0.4) is 0 Å². The first-order valence-electron chi connectivity index (χ1n) is 6.82. The lowest BCUT2D eigenvalue weighted by Gasteiger charge is -2.32. The number of hydrogen-bond donors (Lipinski definition) is 0. The van der Waals surface area contributed by atoms with Gasteiger partial charge in [-0.3, -0.25) is 9.00 Å². The molecule has 3 nitrogen and oxygen atoms in total. The fourth-order valence-electron chi connectivity index (χ4n) is 2.69. The average molecular weight is 325 g/mol. The number of halogens is 1. The van der Waals surface area contributed by atoms with Crippen molar-refractivity contribution in [1.82, 2.24) is 4.90 Å². The lowest BCUT2D eigenvalue weighted by Crippen LogP contribution is -2.48. The van der Waals surface area contributed by atoms with Crippen molar-refractivity contribution in [2.75, 3.05) is 18.1 Å². The maximum atomic E-state index is 13.4. The second-order valence-electron chi connectivity index (χ2n) is 5.35. The number of rotatable bonds is 1. The lowest BCUT2D eigenvalue weighted by molar-refractivity contribution is 0.0718. The van der Waals surface area contributed by atoms with Gasteiger partial charge < -0.3 is 4.90 Å². The van der Waals surface area contributed by atoms with Gasteiger partial charge in [0.25, 0.3) is 5.91 Å². The molecule has 1 aliphatic heterocycles. The van der Waals surface area contributed by atoms with Gasteiger partial charge >= 0.3 is 0 Å². The molecule has 2 heterocycles. The molecule has 1 aromatic carbocycles. The fraction of sp³-hybridized carbons (Fsp3) is 0.400. The summed E-state index contributed by atoms with van der Waals surface area (Å²) < 4.78 is 25.8. The van der Waals surface area contributed by atoms with Gasteiger partial charge in [0.15, 0.2) is 0 Å². The van der Waals surface area contributed by atoms with Crippen molar-refractivity contribution in [1.29, 1.82) is 0 Å². The standard InChI is InChI=1S/C15H16FNO2S2/c1-9-8-21(19)6-5-17(9)15(18)14-10(2)12-7-11(16)3-4-13(12)20-14/h3-4,7,9H,5-6,8H2,1-2H3. The van der Waals surface area contributed by atoms with E-state index in [1.165, 1.54) is 23.5 Å². The molecule has 112 valence electrons. The summed E-state index contributed by atoms with van der Waals surface area (Å²) in [4.78, 5) is 15.2. The number of benzene rings is 1. The van der Waals surface area contributed by atoms with Gasteiger partial charge in [0.1, 0.15) is 5.82 Å². The molecule has 1 aromatic heterocycles. The molecular formula is C15H16FNO2S2. The molecule has 0 bridgehead atoms. The van der Waals surface area contributed by atoms with E-state index < -0.39 is 10.8 Å². The zero-order valence-corrected chi connectivity index (χ0v) is 13.5. The van der Waals surface area contributed by atoms with Gasteiger partial charge in [0.05, 0.1) is 4.88 Å². The Morgan fingerprint density at radius 2 is 2.24 bits per heavy atom. The summed E-state index contributed by atoms with van der Waals surface area (Å²) in [6, 6.07) is 4.59. The summed E-state index contributed by atoms with van der Waals surface area (Å²) in [5, 5.41) is 0.802. The van der Waals surface area contributed by atoms with Crippen molar-refractivity contribution in [2.45, 2.75) is 19.9 Å². The van der Waals surface area contributed by atoms with Crippen molar-refractivity contribution in [3.8, 4) is 0 Å². The zero-order chi connectivity index (χ0) is 15.1. The predicted molar refractivity (Wildman–Crippen MR) is 84.9 cm³/mol. The van der Waals surface area contributed by atoms with Crippen LogP contribution in [0.4, 0.5) is 4.39 Å². The average Bonchev–Trinajstić information content (AvgIpc) is 2.75. The monoisotopic (exact) mass is 325 g/mol. The Labute approximate surface area is 129 Å². The van der Waals surface area contributed by atoms with Gasteiger partial charge in [0.2, 0.25) is 0 Å². The van der Waals surface area contributed by atoms with Crippen LogP contribution in [0.15, 0.2) is 18.2 Å². The number of thiophene rings is 1. The molecule has 1 saturated heterocycles. The number of carbonyl (C=O) groups excluding carboxylic acids is 1. The first kappa shape index (κ1) is 14.7. The molecule has 2 unspecified atom stereocenters. The number of nitrogens with zero attached hydrogens (tertiary/aromatic N) is 1. The lowest BCUT2D eigenvalue weighted by atomic mass is 10.1. The molecule has 1 fully saturated rings. The molecule has 2 atom stereocenters. The summed E-state index contributed by atoms with van der Waals surface area (Å²) in [6.07, 6.45) is 0. The minimum absolute atomic E-state index is 0.0200. The van der Waals surface area contributed by atoms with Crippen LogP contribution in [0, 0.1) is 12.7 Å². The number of amides is 1. The van der Waals surface area contributed by atoms with Gasteiger partial charge in [-0.1, -0.05) is 0 Å². The van der Waals surface area contributed by atoms with E-state index in [0.29, 0.717) is 22.9 Å². The Kier molecular flexibility index (Phi) is 3.84. The molecule has 0 aliphatic carbocycles. The summed E-state index contributed by atoms with van der Waals surface area (Å²) in [5.74, 6) is 0.751. The molecule has 2 aromatic rings. The number of fused-ring (bicyclic) bond motifs is 1. The van der Waals surface area contributed by atoms with Gasteiger partial charge in [-0.05, 0) is 43.0 Å². The highest BCUT2D eigenvalue weighted by molar-refractivity contribution is 7.85. The van der Waals surface area contributed by atoms with Crippen molar-refractivity contribution in [2.24, 2.45) is 0 Å². The molecule has 3 rings (SSSR count). The smallest absolute Gasteiger partial charge is 0.264 e. The first-order chi connectivity index (χ1) is 9.97. The largest absolute Gasteiger partial charge is 0.333 e. The van der Waals surface area contributed by atoms with E-state index in [2.05, 4.69) is 0 Å². The highest BCUT2D eigenvalue weighted by Gasteiger charge is 2.29. The third-order valence-electron chi connectivity index (χ3n) is 3.87. The predicted octanol–water partition coefficient (Wildman–Crippen LogP) is 2.94. The first-order valence-corrected chi connectivity index (χ1v) is 9.12. The summed E-state index contributed by atoms with van der Waals surface area (Å²) in [6.45, 7) is 4.31. The van der Waals surface area contributed by atoms with E-state index in [4.69, 9.17) is 0 Å². The van der Waals surface area contributed by atoms with Crippen molar-refractivity contribution >= 4 is 38.1 Å². The topological polar surface area (TPSA) is 37.4 Å². The van der Waals surface area contributed by atoms with E-state index in [1.54, 1.807) is 11.0 Å². The normalized spacial score (nSPS) is 22.7. The molecule has 6 heteroatoms. The molecule has 0 radical (unpaired) electrons. The summed E-state index contributed by atoms with van der Waals surface area (Å²) >= 11 is 1.40. The van der Waals surface area contributed by atoms with Crippen LogP contribution in [0.5, 0.6) is 0 Å². The number of hydrogen-bond acceptors (Lipinski definition) is 3. The van der Waals surface area contributed by atoms with Gasteiger partial charge in [-0.2, -0.15) is 0 Å². The molecule has 1 aliphatic rings. The Bertz CT molecular complexity index is 741. The number of carbonyl (C=O) groups is 1. The minimum Gasteiger partial charge on any atom is -0.333 e. The summed E-state index contributed by atoms with van der Waals surface area (Å²) in [7, 11) is -0.827. The third kappa shape index (κ3) is 2.62. The van der Waals surface area contributed by atoms with Crippen LogP contribution < -0.4 is 0 Å². The van der Waals surface area contributed by atoms with E-state index in [-0.39, 0.29) is 17.8 Å². The molecule has 21 heavy (non-hydrogen) atoms. The minimum atomic E-state index is -0.827. The highest BCUT2D eigenvalue weighted by Crippen LogP contribution is 2.32. The SMILES string of the molecule is Cc1c(C(=O)N2CCS(=O)CC2C)sc2ccc(F)cc12. The maximum Gasteiger partial charge on any atom is 0.264 e. The fourth-order valence-corrected chi connectivity index (χ4v) is 5.12. The Morgan fingerprint density at radius 1 is 1.48 bits per heavy atom. The van der Waals surface area contributed by atoms with Crippen LogP contribution in [0.25, 0.3) is 10.1 Å². The number of aryl methyl sites for hydroxylation is 1. The second-order valence-corrected chi connectivity index (χ2v) is 8.03. The van der Waals surface area contributed by atoms with E-state index in [1.807, 2.05) is 13.8 Å². The van der Waals surface area contributed by atoms with Crippen molar-refractivity contribution in [3.63, 3.8) is 0 Å². The third-order valence-corrected chi connectivity index (χ3v) is 6.63. The Balaban J connectivity index is 1.98. The highest BCUT2D eigenvalue weighted by atomic mass is 32.2. The van der Waals surface area contributed by atoms with Crippen LogP contribution in [-0.2, 0) is 10.8 Å². The maximum absolute atomic E-state index is 13.4. The van der Waals surface area contributed by atoms with Gasteiger partial charge in [-0.25, -0.2) is 4.39 Å². The van der Waals surface area contributed by atoms with Crippen LogP contribution >= 0.6 is 11.3 Å². The van der Waals surface area contributed by atoms with Crippen LogP contribution in [0.2, 0.25) is 0 Å². The molecule has 0 spiro atoms. The van der Waals surface area contributed by atoms with E-state index >= 15 is 0 Å². The molecule has 0 saturated carbocycles. The van der Waals surface area contributed by atoms with Crippen LogP contribution in [-0.4, -0.2) is 39.1 Å². The van der Waals surface area contributed by atoms with Gasteiger partial charge in [0, 0.05) is 39.6 Å². The van der Waals surface area contributed by atoms with E-state index in [9.17, 15) is 13.4 Å². The molecule has 0 N–H and O–H groups in total. The Hall–Kier alpha value is -1.27.